The number of hydrogen-bond donors (Lipinski definition) is 1. The second kappa shape index (κ2) is 6.64. The third-order valence-corrected chi connectivity index (χ3v) is 6.26. The molecule has 1 atom stereocenters. The number of esters is 1. The standard InChI is InChI=1S/C13H25N3O4S/c1-10(11(17)20-5)8-15-12(14-4)16-6-7-21(18,19)13(2,3)9-16/h10H,6-9H2,1-5H3,(H,14,15). The topological polar surface area (TPSA) is 88.1 Å². The van der Waals surface area contributed by atoms with E-state index in [0.717, 1.165) is 0 Å². The summed E-state index contributed by atoms with van der Waals surface area (Å²) in [4.78, 5) is 17.5. The second-order valence-corrected chi connectivity index (χ2v) is 8.60. The van der Waals surface area contributed by atoms with Crippen molar-refractivity contribution in [3.05, 3.63) is 0 Å². The SMILES string of the molecule is CN=C(NCC(C)C(=O)OC)N1CCS(=O)(=O)C(C)(C)C1. The zero-order chi connectivity index (χ0) is 16.3. The number of guanidine groups is 1. The molecule has 0 saturated carbocycles. The number of methoxy groups -OCH3 is 1. The highest BCUT2D eigenvalue weighted by atomic mass is 32.2. The van der Waals surface area contributed by atoms with E-state index >= 15 is 0 Å². The number of hydrogen-bond acceptors (Lipinski definition) is 5. The van der Waals surface area contributed by atoms with Crippen LogP contribution in [0.2, 0.25) is 0 Å². The molecule has 7 nitrogen and oxygen atoms in total. The van der Waals surface area contributed by atoms with Crippen molar-refractivity contribution in [2.24, 2.45) is 10.9 Å². The largest absolute Gasteiger partial charge is 0.469 e. The zero-order valence-electron chi connectivity index (χ0n) is 13.3. The van der Waals surface area contributed by atoms with Gasteiger partial charge in [0.2, 0.25) is 0 Å². The Bertz CT molecular complexity index is 514. The van der Waals surface area contributed by atoms with Gasteiger partial charge in [0, 0.05) is 26.7 Å². The lowest BCUT2D eigenvalue weighted by Gasteiger charge is -2.39. The molecule has 122 valence electrons. The highest BCUT2D eigenvalue weighted by Gasteiger charge is 2.41. The van der Waals surface area contributed by atoms with Crippen molar-refractivity contribution in [2.45, 2.75) is 25.5 Å². The van der Waals surface area contributed by atoms with Crippen molar-refractivity contribution < 1.29 is 17.9 Å². The van der Waals surface area contributed by atoms with Crippen LogP contribution in [0.4, 0.5) is 0 Å². The fourth-order valence-electron chi connectivity index (χ4n) is 2.19. The van der Waals surface area contributed by atoms with E-state index < -0.39 is 14.6 Å². The zero-order valence-corrected chi connectivity index (χ0v) is 14.2. The molecule has 0 aliphatic carbocycles. The van der Waals surface area contributed by atoms with Crippen LogP contribution in [0, 0.1) is 5.92 Å². The molecule has 0 amide bonds. The smallest absolute Gasteiger partial charge is 0.310 e. The quantitative estimate of drug-likeness (QED) is 0.443. The first kappa shape index (κ1) is 17.7. The van der Waals surface area contributed by atoms with Crippen LogP contribution in [0.5, 0.6) is 0 Å². The van der Waals surface area contributed by atoms with Crippen molar-refractivity contribution >= 4 is 21.8 Å². The molecule has 1 N–H and O–H groups in total. The molecule has 0 aromatic carbocycles. The molecule has 0 radical (unpaired) electrons. The Balaban J connectivity index is 2.69. The summed E-state index contributed by atoms with van der Waals surface area (Å²) in [6.07, 6.45) is 0. The van der Waals surface area contributed by atoms with E-state index in [9.17, 15) is 13.2 Å². The lowest BCUT2D eigenvalue weighted by molar-refractivity contribution is -0.144. The van der Waals surface area contributed by atoms with Gasteiger partial charge in [0.25, 0.3) is 0 Å². The lowest BCUT2D eigenvalue weighted by Crippen LogP contribution is -2.57. The highest BCUT2D eigenvalue weighted by Crippen LogP contribution is 2.23. The first-order valence-corrected chi connectivity index (χ1v) is 8.55. The van der Waals surface area contributed by atoms with Crippen molar-refractivity contribution in [1.82, 2.24) is 10.2 Å². The van der Waals surface area contributed by atoms with Gasteiger partial charge in [-0.1, -0.05) is 6.92 Å². The summed E-state index contributed by atoms with van der Waals surface area (Å²) < 4.78 is 27.9. The van der Waals surface area contributed by atoms with Crippen LogP contribution < -0.4 is 5.32 Å². The van der Waals surface area contributed by atoms with E-state index in [2.05, 4.69) is 15.0 Å². The van der Waals surface area contributed by atoms with Gasteiger partial charge in [0.1, 0.15) is 0 Å². The number of carbonyl (C=O) groups is 1. The number of carbonyl (C=O) groups excluding carboxylic acids is 1. The number of rotatable bonds is 3. The van der Waals surface area contributed by atoms with Crippen molar-refractivity contribution in [3.63, 3.8) is 0 Å². The maximum absolute atomic E-state index is 12.0. The molecule has 1 heterocycles. The van der Waals surface area contributed by atoms with Crippen molar-refractivity contribution in [2.75, 3.05) is 39.5 Å². The van der Waals surface area contributed by atoms with E-state index in [-0.39, 0.29) is 17.6 Å². The molecule has 8 heteroatoms. The molecule has 0 aromatic rings. The molecule has 1 rings (SSSR count). The number of nitrogens with zero attached hydrogens (tertiary/aromatic N) is 2. The third-order valence-electron chi connectivity index (χ3n) is 3.72. The summed E-state index contributed by atoms with van der Waals surface area (Å²) in [5.41, 5.74) is 0. The van der Waals surface area contributed by atoms with Gasteiger partial charge in [0.05, 0.1) is 23.5 Å². The molecule has 1 saturated heterocycles. The van der Waals surface area contributed by atoms with E-state index in [1.165, 1.54) is 7.11 Å². The molecule has 1 fully saturated rings. The molecular weight excluding hydrogens is 294 g/mol. The predicted molar refractivity (Wildman–Crippen MR) is 82.0 cm³/mol. The minimum atomic E-state index is -3.08. The summed E-state index contributed by atoms with van der Waals surface area (Å²) in [5, 5.41) is 3.10. The summed E-state index contributed by atoms with van der Waals surface area (Å²) in [7, 11) is -0.0899. The first-order chi connectivity index (χ1) is 9.64. The van der Waals surface area contributed by atoms with Gasteiger partial charge in [-0.2, -0.15) is 0 Å². The van der Waals surface area contributed by atoms with Gasteiger partial charge in [-0.3, -0.25) is 9.79 Å². The molecule has 21 heavy (non-hydrogen) atoms. The van der Waals surface area contributed by atoms with Crippen LogP contribution in [-0.2, 0) is 19.4 Å². The first-order valence-electron chi connectivity index (χ1n) is 6.90. The van der Waals surface area contributed by atoms with E-state index in [1.807, 2.05) is 4.90 Å². The maximum atomic E-state index is 12.0. The number of aliphatic imine (C=N–C) groups is 1. The van der Waals surface area contributed by atoms with E-state index in [1.54, 1.807) is 27.8 Å². The van der Waals surface area contributed by atoms with Crippen LogP contribution in [0.1, 0.15) is 20.8 Å². The van der Waals surface area contributed by atoms with Crippen molar-refractivity contribution in [3.8, 4) is 0 Å². The number of sulfone groups is 1. The van der Waals surface area contributed by atoms with Crippen LogP contribution in [0.3, 0.4) is 0 Å². The Morgan fingerprint density at radius 1 is 1.48 bits per heavy atom. The molecule has 1 aliphatic rings. The monoisotopic (exact) mass is 319 g/mol. The van der Waals surface area contributed by atoms with Crippen LogP contribution >= 0.6 is 0 Å². The van der Waals surface area contributed by atoms with Gasteiger partial charge in [-0.15, -0.1) is 0 Å². The lowest BCUT2D eigenvalue weighted by atomic mass is 10.2. The summed E-state index contributed by atoms with van der Waals surface area (Å²) >= 11 is 0. The molecular formula is C13H25N3O4S. The Hall–Kier alpha value is -1.31. The molecule has 0 aromatic heterocycles. The van der Waals surface area contributed by atoms with Crippen LogP contribution in [-0.4, -0.2) is 69.5 Å². The Morgan fingerprint density at radius 3 is 2.57 bits per heavy atom. The summed E-state index contributed by atoms with van der Waals surface area (Å²) in [6, 6.07) is 0. The molecule has 1 unspecified atom stereocenters. The maximum Gasteiger partial charge on any atom is 0.310 e. The summed E-state index contributed by atoms with van der Waals surface area (Å²) in [6.45, 7) is 6.37. The average Bonchev–Trinajstić information content (AvgIpc) is 2.42. The fraction of sp³-hybridized carbons (Fsp3) is 0.846. The fourth-order valence-corrected chi connectivity index (χ4v) is 3.55. The van der Waals surface area contributed by atoms with Crippen LogP contribution in [0.25, 0.3) is 0 Å². The number of nitrogens with one attached hydrogen (secondary N) is 1. The summed E-state index contributed by atoms with van der Waals surface area (Å²) in [5.74, 6) is 0.120. The Morgan fingerprint density at radius 2 is 2.10 bits per heavy atom. The van der Waals surface area contributed by atoms with Crippen LogP contribution in [0.15, 0.2) is 4.99 Å². The van der Waals surface area contributed by atoms with Crippen molar-refractivity contribution in [1.29, 1.82) is 0 Å². The Labute approximate surface area is 126 Å². The normalized spacial score (nSPS) is 22.5. The minimum absolute atomic E-state index is 0.104. The predicted octanol–water partition coefficient (Wildman–Crippen LogP) is -0.120. The molecule has 0 spiro atoms. The average molecular weight is 319 g/mol. The van der Waals surface area contributed by atoms with Gasteiger partial charge in [-0.25, -0.2) is 8.42 Å². The van der Waals surface area contributed by atoms with Gasteiger partial charge < -0.3 is 15.0 Å². The highest BCUT2D eigenvalue weighted by molar-refractivity contribution is 7.92. The molecule has 1 aliphatic heterocycles. The van der Waals surface area contributed by atoms with E-state index in [0.29, 0.717) is 25.6 Å². The Kier molecular flexibility index (Phi) is 5.61. The third kappa shape index (κ3) is 4.09. The van der Waals surface area contributed by atoms with Gasteiger partial charge >= 0.3 is 5.97 Å². The second-order valence-electron chi connectivity index (χ2n) is 5.85. The minimum Gasteiger partial charge on any atom is -0.469 e. The molecule has 0 bridgehead atoms. The van der Waals surface area contributed by atoms with Gasteiger partial charge in [0.15, 0.2) is 15.8 Å². The van der Waals surface area contributed by atoms with E-state index in [4.69, 9.17) is 0 Å². The van der Waals surface area contributed by atoms with Gasteiger partial charge in [-0.05, 0) is 13.8 Å². The number of ether oxygens (including phenoxy) is 1.